The van der Waals surface area contributed by atoms with E-state index in [9.17, 15) is 0 Å². The van der Waals surface area contributed by atoms with Crippen molar-refractivity contribution in [2.45, 2.75) is 51.0 Å². The predicted octanol–water partition coefficient (Wildman–Crippen LogP) is 3.89. The van der Waals surface area contributed by atoms with Crippen LogP contribution in [0.1, 0.15) is 51.0 Å². The number of rotatable bonds is 4. The second-order valence-electron chi connectivity index (χ2n) is 7.76. The summed E-state index contributed by atoms with van der Waals surface area (Å²) in [6, 6.07) is 4.06. The summed E-state index contributed by atoms with van der Waals surface area (Å²) in [4.78, 5) is 0. The van der Waals surface area contributed by atoms with Gasteiger partial charge in [-0.25, -0.2) is 9.36 Å². The van der Waals surface area contributed by atoms with E-state index in [2.05, 4.69) is 16.3 Å². The number of benzene rings is 1. The van der Waals surface area contributed by atoms with E-state index in [4.69, 9.17) is 19.9 Å². The average Bonchev–Trinajstić information content (AvgIpc) is 3.40. The average molecular weight is 397 g/mol. The number of nitrogens with zero attached hydrogens (tertiary/aromatic N) is 4. The molecule has 4 heterocycles. The molecule has 8 heteroatoms. The van der Waals surface area contributed by atoms with Gasteiger partial charge < -0.3 is 19.9 Å². The first kappa shape index (κ1) is 18.4. The Morgan fingerprint density at radius 1 is 1.07 bits per heavy atom. The Kier molecular flexibility index (Phi) is 4.89. The Bertz CT molecular complexity index is 999. The van der Waals surface area contributed by atoms with E-state index in [1.165, 1.54) is 0 Å². The van der Waals surface area contributed by atoms with Crippen LogP contribution in [-0.4, -0.2) is 39.9 Å². The fourth-order valence-electron chi connectivity index (χ4n) is 4.28. The molecule has 8 nitrogen and oxygen atoms in total. The SMILES string of the molecule is COc1nn(C2CCCCO2)cc1-c1cc(N)c2cnn(C3CCCCO3)c2c1. The van der Waals surface area contributed by atoms with Crippen LogP contribution in [0.2, 0.25) is 0 Å². The van der Waals surface area contributed by atoms with Gasteiger partial charge in [0.2, 0.25) is 5.88 Å². The molecule has 29 heavy (non-hydrogen) atoms. The van der Waals surface area contributed by atoms with Crippen molar-refractivity contribution < 1.29 is 14.2 Å². The highest BCUT2D eigenvalue weighted by atomic mass is 16.5. The number of anilines is 1. The van der Waals surface area contributed by atoms with Crippen molar-refractivity contribution >= 4 is 16.6 Å². The van der Waals surface area contributed by atoms with Crippen molar-refractivity contribution in [2.75, 3.05) is 26.1 Å². The van der Waals surface area contributed by atoms with Crippen molar-refractivity contribution in [1.29, 1.82) is 0 Å². The van der Waals surface area contributed by atoms with Gasteiger partial charge in [-0.05, 0) is 56.2 Å². The van der Waals surface area contributed by atoms with Crippen LogP contribution >= 0.6 is 0 Å². The van der Waals surface area contributed by atoms with Gasteiger partial charge in [0.05, 0.1) is 24.4 Å². The van der Waals surface area contributed by atoms with Crippen LogP contribution in [-0.2, 0) is 9.47 Å². The lowest BCUT2D eigenvalue weighted by Gasteiger charge is -2.23. The minimum absolute atomic E-state index is 0.0452. The number of nitrogens with two attached hydrogens (primary N) is 1. The number of aromatic nitrogens is 4. The van der Waals surface area contributed by atoms with Gasteiger partial charge in [0.15, 0.2) is 6.23 Å². The van der Waals surface area contributed by atoms with E-state index in [-0.39, 0.29) is 12.5 Å². The standard InChI is InChI=1S/C21H27N5O3/c1-27-21-16(13-25(24-21)19-6-2-4-8-28-19)14-10-17(22)15-12-23-26(18(15)11-14)20-7-3-5-9-29-20/h10-13,19-20H,2-9,22H2,1H3. The van der Waals surface area contributed by atoms with Crippen molar-refractivity contribution in [2.24, 2.45) is 0 Å². The monoisotopic (exact) mass is 397 g/mol. The summed E-state index contributed by atoms with van der Waals surface area (Å²) in [7, 11) is 1.64. The van der Waals surface area contributed by atoms with Crippen LogP contribution in [0.25, 0.3) is 22.0 Å². The molecule has 2 aromatic heterocycles. The Morgan fingerprint density at radius 2 is 1.83 bits per heavy atom. The molecular weight excluding hydrogens is 370 g/mol. The van der Waals surface area contributed by atoms with Crippen molar-refractivity contribution in [3.8, 4) is 17.0 Å². The van der Waals surface area contributed by atoms with Crippen LogP contribution in [0.3, 0.4) is 0 Å². The van der Waals surface area contributed by atoms with Gasteiger partial charge >= 0.3 is 0 Å². The van der Waals surface area contributed by atoms with Crippen LogP contribution in [0.5, 0.6) is 5.88 Å². The van der Waals surface area contributed by atoms with Gasteiger partial charge in [0.1, 0.15) is 6.23 Å². The molecule has 2 aliphatic heterocycles. The molecule has 154 valence electrons. The van der Waals surface area contributed by atoms with E-state index in [0.29, 0.717) is 11.6 Å². The van der Waals surface area contributed by atoms with Crippen molar-refractivity contribution in [1.82, 2.24) is 19.6 Å². The molecule has 3 aromatic rings. The molecule has 5 rings (SSSR count). The molecule has 2 fully saturated rings. The third-order valence-electron chi connectivity index (χ3n) is 5.83. The summed E-state index contributed by atoms with van der Waals surface area (Å²) in [5, 5.41) is 10.1. The quantitative estimate of drug-likeness (QED) is 0.672. The molecule has 0 amide bonds. The summed E-state index contributed by atoms with van der Waals surface area (Å²) in [5.41, 5.74) is 9.89. The Morgan fingerprint density at radius 3 is 2.52 bits per heavy atom. The highest BCUT2D eigenvalue weighted by Crippen LogP contribution is 2.37. The third-order valence-corrected chi connectivity index (χ3v) is 5.83. The molecule has 2 aliphatic rings. The molecule has 2 atom stereocenters. The first-order valence-electron chi connectivity index (χ1n) is 10.4. The zero-order chi connectivity index (χ0) is 19.8. The molecule has 1 aromatic carbocycles. The maximum absolute atomic E-state index is 6.39. The van der Waals surface area contributed by atoms with Gasteiger partial charge in [-0.2, -0.15) is 5.10 Å². The van der Waals surface area contributed by atoms with Crippen LogP contribution in [0.15, 0.2) is 24.5 Å². The Labute approximate surface area is 169 Å². The van der Waals surface area contributed by atoms with E-state index >= 15 is 0 Å². The van der Waals surface area contributed by atoms with Gasteiger partial charge in [-0.1, -0.05) is 0 Å². The normalized spacial score (nSPS) is 22.8. The summed E-state index contributed by atoms with van der Waals surface area (Å²) in [5.74, 6) is 0.568. The van der Waals surface area contributed by atoms with Gasteiger partial charge in [-0.15, -0.1) is 5.10 Å². The zero-order valence-electron chi connectivity index (χ0n) is 16.7. The molecule has 2 saturated heterocycles. The Hall–Kier alpha value is -2.58. The summed E-state index contributed by atoms with van der Waals surface area (Å²) < 4.78 is 21.2. The first-order chi connectivity index (χ1) is 14.2. The second-order valence-corrected chi connectivity index (χ2v) is 7.76. The molecule has 0 spiro atoms. The van der Waals surface area contributed by atoms with E-state index in [1.807, 2.05) is 27.8 Å². The molecule has 0 bridgehead atoms. The van der Waals surface area contributed by atoms with Gasteiger partial charge in [0, 0.05) is 30.5 Å². The van der Waals surface area contributed by atoms with Crippen LogP contribution in [0.4, 0.5) is 5.69 Å². The lowest BCUT2D eigenvalue weighted by atomic mass is 10.1. The topological polar surface area (TPSA) is 89.4 Å². The van der Waals surface area contributed by atoms with Crippen molar-refractivity contribution in [3.05, 3.63) is 24.5 Å². The highest BCUT2D eigenvalue weighted by molar-refractivity contribution is 5.95. The number of hydrogen-bond acceptors (Lipinski definition) is 6. The van der Waals surface area contributed by atoms with E-state index < -0.39 is 0 Å². The molecule has 0 saturated carbocycles. The largest absolute Gasteiger partial charge is 0.479 e. The van der Waals surface area contributed by atoms with Gasteiger partial charge in [-0.3, -0.25) is 0 Å². The Balaban J connectivity index is 1.56. The minimum atomic E-state index is -0.0476. The number of ether oxygens (including phenoxy) is 3. The number of hydrogen-bond donors (Lipinski definition) is 1. The second kappa shape index (κ2) is 7.68. The summed E-state index contributed by atoms with van der Waals surface area (Å²) in [6.45, 7) is 1.53. The van der Waals surface area contributed by atoms with Crippen LogP contribution in [0, 0.1) is 0 Å². The lowest BCUT2D eigenvalue weighted by Crippen LogP contribution is -2.19. The summed E-state index contributed by atoms with van der Waals surface area (Å²) >= 11 is 0. The number of fused-ring (bicyclic) bond motifs is 1. The molecule has 2 N–H and O–H groups in total. The fraction of sp³-hybridized carbons (Fsp3) is 0.524. The maximum Gasteiger partial charge on any atom is 0.240 e. The molecule has 0 radical (unpaired) electrons. The first-order valence-corrected chi connectivity index (χ1v) is 10.4. The lowest BCUT2D eigenvalue weighted by molar-refractivity contribution is -0.0399. The van der Waals surface area contributed by atoms with E-state index in [0.717, 1.165) is 73.8 Å². The number of methoxy groups -OCH3 is 1. The molecule has 2 unspecified atom stereocenters. The van der Waals surface area contributed by atoms with E-state index in [1.54, 1.807) is 7.11 Å². The molecular formula is C21H27N5O3. The minimum Gasteiger partial charge on any atom is -0.479 e. The maximum atomic E-state index is 6.39. The highest BCUT2D eigenvalue weighted by Gasteiger charge is 2.23. The van der Waals surface area contributed by atoms with Gasteiger partial charge in [0.25, 0.3) is 0 Å². The summed E-state index contributed by atoms with van der Waals surface area (Å²) in [6.07, 6.45) is 10.1. The zero-order valence-corrected chi connectivity index (χ0v) is 16.7. The third kappa shape index (κ3) is 3.36. The predicted molar refractivity (Wildman–Crippen MR) is 110 cm³/mol. The fourth-order valence-corrected chi connectivity index (χ4v) is 4.28. The molecule has 0 aliphatic carbocycles. The van der Waals surface area contributed by atoms with Crippen molar-refractivity contribution in [3.63, 3.8) is 0 Å². The smallest absolute Gasteiger partial charge is 0.240 e. The van der Waals surface area contributed by atoms with Crippen LogP contribution < -0.4 is 10.5 Å². The number of nitrogen functional groups attached to an aromatic ring is 1.